The minimum absolute atomic E-state index is 0.0442. The van der Waals surface area contributed by atoms with Gasteiger partial charge in [-0.1, -0.05) is 19.8 Å². The highest BCUT2D eigenvalue weighted by Crippen LogP contribution is 2.14. The maximum Gasteiger partial charge on any atom is 0.249 e. The molecule has 0 unspecified atom stereocenters. The Hall–Kier alpha value is -2.50. The van der Waals surface area contributed by atoms with Crippen molar-refractivity contribution in [1.29, 1.82) is 0 Å². The number of benzene rings is 1. The molecule has 0 amide bonds. The van der Waals surface area contributed by atoms with Crippen LogP contribution >= 0.6 is 0 Å². The number of hydrogen-bond donors (Lipinski definition) is 2. The third kappa shape index (κ3) is 4.80. The molecule has 1 aromatic heterocycles. The first-order valence-electron chi connectivity index (χ1n) is 7.50. The second kappa shape index (κ2) is 8.07. The lowest BCUT2D eigenvalue weighted by atomic mass is 10.1. The molecule has 1 heterocycles. The molecule has 0 bridgehead atoms. The van der Waals surface area contributed by atoms with Crippen LogP contribution in [0.3, 0.4) is 0 Å². The molecule has 6 nitrogen and oxygen atoms in total. The molecular formula is C16H21N5O. The lowest BCUT2D eigenvalue weighted by Gasteiger charge is -2.07. The number of aromatic nitrogens is 3. The summed E-state index contributed by atoms with van der Waals surface area (Å²) in [4.78, 5) is 15.6. The van der Waals surface area contributed by atoms with Gasteiger partial charge in [0.25, 0.3) is 0 Å². The van der Waals surface area contributed by atoms with E-state index < -0.39 is 0 Å². The predicted octanol–water partition coefficient (Wildman–Crippen LogP) is 3.42. The molecule has 0 atom stereocenters. The summed E-state index contributed by atoms with van der Waals surface area (Å²) in [5.74, 6) is 1.17. The van der Waals surface area contributed by atoms with E-state index in [4.69, 9.17) is 0 Å². The number of hydrogen-bond acceptors (Lipinski definition) is 6. The number of Topliss-reactive ketones (excluding diaryl/α,β-unsaturated/α-hetero) is 1. The highest BCUT2D eigenvalue weighted by molar-refractivity contribution is 5.94. The molecule has 1 aromatic carbocycles. The Morgan fingerprint density at radius 3 is 2.64 bits per heavy atom. The van der Waals surface area contributed by atoms with Crippen molar-refractivity contribution in [3.8, 4) is 0 Å². The van der Waals surface area contributed by atoms with Crippen LogP contribution in [0.25, 0.3) is 0 Å². The van der Waals surface area contributed by atoms with Crippen LogP contribution in [0.15, 0.2) is 30.5 Å². The summed E-state index contributed by atoms with van der Waals surface area (Å²) in [6.45, 7) is 4.59. The molecular weight excluding hydrogens is 278 g/mol. The summed E-state index contributed by atoms with van der Waals surface area (Å²) < 4.78 is 0. The van der Waals surface area contributed by atoms with Crippen molar-refractivity contribution in [2.75, 3.05) is 17.2 Å². The number of nitrogens with one attached hydrogen (secondary N) is 2. The highest BCUT2D eigenvalue weighted by atomic mass is 16.1. The molecule has 0 radical (unpaired) electrons. The smallest absolute Gasteiger partial charge is 0.249 e. The van der Waals surface area contributed by atoms with Crippen molar-refractivity contribution in [1.82, 2.24) is 15.2 Å². The lowest BCUT2D eigenvalue weighted by molar-refractivity contribution is 0.101. The molecule has 2 N–H and O–H groups in total. The van der Waals surface area contributed by atoms with Gasteiger partial charge in [-0.05, 0) is 37.6 Å². The maximum atomic E-state index is 11.2. The van der Waals surface area contributed by atoms with Gasteiger partial charge in [0.2, 0.25) is 5.95 Å². The van der Waals surface area contributed by atoms with Gasteiger partial charge in [0.15, 0.2) is 11.6 Å². The Kier molecular flexibility index (Phi) is 5.82. The van der Waals surface area contributed by atoms with E-state index in [-0.39, 0.29) is 5.78 Å². The first-order chi connectivity index (χ1) is 10.7. The summed E-state index contributed by atoms with van der Waals surface area (Å²) in [7, 11) is 0. The summed E-state index contributed by atoms with van der Waals surface area (Å²) in [5.41, 5.74) is 1.49. The van der Waals surface area contributed by atoms with Crippen molar-refractivity contribution in [3.05, 3.63) is 36.0 Å². The van der Waals surface area contributed by atoms with Gasteiger partial charge in [-0.2, -0.15) is 10.1 Å². The average molecular weight is 299 g/mol. The topological polar surface area (TPSA) is 79.8 Å². The van der Waals surface area contributed by atoms with Gasteiger partial charge in [-0.15, -0.1) is 5.10 Å². The molecule has 116 valence electrons. The van der Waals surface area contributed by atoms with Gasteiger partial charge in [0.1, 0.15) is 0 Å². The van der Waals surface area contributed by atoms with E-state index in [2.05, 4.69) is 32.7 Å². The largest absolute Gasteiger partial charge is 0.369 e. The fourth-order valence-corrected chi connectivity index (χ4v) is 1.95. The van der Waals surface area contributed by atoms with Crippen molar-refractivity contribution >= 4 is 23.2 Å². The Labute approximate surface area is 130 Å². The van der Waals surface area contributed by atoms with Crippen molar-refractivity contribution < 1.29 is 4.79 Å². The number of carbonyl (C=O) groups is 1. The first kappa shape index (κ1) is 15.9. The molecule has 22 heavy (non-hydrogen) atoms. The van der Waals surface area contributed by atoms with Crippen LogP contribution in [0.1, 0.15) is 43.5 Å². The minimum Gasteiger partial charge on any atom is -0.369 e. The van der Waals surface area contributed by atoms with E-state index >= 15 is 0 Å². The van der Waals surface area contributed by atoms with Crippen LogP contribution in [0, 0.1) is 0 Å². The van der Waals surface area contributed by atoms with Crippen molar-refractivity contribution in [2.24, 2.45) is 0 Å². The molecule has 2 rings (SSSR count). The average Bonchev–Trinajstić information content (AvgIpc) is 2.52. The number of ketones is 1. The predicted molar refractivity (Wildman–Crippen MR) is 87.6 cm³/mol. The van der Waals surface area contributed by atoms with E-state index in [0.29, 0.717) is 17.3 Å². The molecule has 0 saturated heterocycles. The molecule has 0 aliphatic carbocycles. The summed E-state index contributed by atoms with van der Waals surface area (Å²) in [5, 5.41) is 14.2. The highest BCUT2D eigenvalue weighted by Gasteiger charge is 2.03. The SMILES string of the molecule is CCCCCNc1cnnc(Nc2ccc(C(C)=O)cc2)n1. The van der Waals surface area contributed by atoms with Gasteiger partial charge < -0.3 is 10.6 Å². The quantitative estimate of drug-likeness (QED) is 0.574. The number of anilines is 3. The molecule has 0 fully saturated rings. The van der Waals surface area contributed by atoms with Gasteiger partial charge in [-0.3, -0.25) is 4.79 Å². The van der Waals surface area contributed by atoms with Crippen molar-refractivity contribution in [2.45, 2.75) is 33.1 Å². The minimum atomic E-state index is 0.0442. The molecule has 0 spiro atoms. The zero-order valence-corrected chi connectivity index (χ0v) is 13.0. The molecule has 6 heteroatoms. The van der Waals surface area contributed by atoms with Gasteiger partial charge >= 0.3 is 0 Å². The van der Waals surface area contributed by atoms with Gasteiger partial charge in [0.05, 0.1) is 6.20 Å². The number of carbonyl (C=O) groups excluding carboxylic acids is 1. The summed E-state index contributed by atoms with van der Waals surface area (Å²) in [6.07, 6.45) is 5.09. The third-order valence-corrected chi connectivity index (χ3v) is 3.19. The zero-order chi connectivity index (χ0) is 15.8. The molecule has 2 aromatic rings. The van der Waals surface area contributed by atoms with Crippen LogP contribution in [-0.4, -0.2) is 27.5 Å². The van der Waals surface area contributed by atoms with Crippen molar-refractivity contribution in [3.63, 3.8) is 0 Å². The second-order valence-corrected chi connectivity index (χ2v) is 5.06. The molecule has 0 saturated carbocycles. The van der Waals surface area contributed by atoms with E-state index in [1.165, 1.54) is 12.8 Å². The first-order valence-corrected chi connectivity index (χ1v) is 7.50. The summed E-state index contributed by atoms with van der Waals surface area (Å²) in [6, 6.07) is 7.18. The second-order valence-electron chi connectivity index (χ2n) is 5.06. The van der Waals surface area contributed by atoms with Gasteiger partial charge in [0, 0.05) is 17.8 Å². The Morgan fingerprint density at radius 2 is 1.95 bits per heavy atom. The van der Waals surface area contributed by atoms with E-state index in [1.807, 2.05) is 12.1 Å². The monoisotopic (exact) mass is 299 g/mol. The number of nitrogens with zero attached hydrogens (tertiary/aromatic N) is 3. The normalized spacial score (nSPS) is 10.3. The Morgan fingerprint density at radius 1 is 1.18 bits per heavy atom. The number of rotatable bonds is 8. The fourth-order valence-electron chi connectivity index (χ4n) is 1.95. The summed E-state index contributed by atoms with van der Waals surface area (Å²) >= 11 is 0. The van der Waals surface area contributed by atoms with Crippen LogP contribution in [0.2, 0.25) is 0 Å². The van der Waals surface area contributed by atoms with E-state index in [1.54, 1.807) is 25.3 Å². The van der Waals surface area contributed by atoms with Crippen LogP contribution in [-0.2, 0) is 0 Å². The number of unbranched alkanes of at least 4 members (excludes halogenated alkanes) is 2. The Balaban J connectivity index is 1.96. The van der Waals surface area contributed by atoms with Crippen LogP contribution in [0.4, 0.5) is 17.5 Å². The fraction of sp³-hybridized carbons (Fsp3) is 0.375. The van der Waals surface area contributed by atoms with Crippen LogP contribution in [0.5, 0.6) is 0 Å². The molecule has 0 aliphatic heterocycles. The zero-order valence-electron chi connectivity index (χ0n) is 13.0. The van der Waals surface area contributed by atoms with Gasteiger partial charge in [-0.25, -0.2) is 0 Å². The lowest BCUT2D eigenvalue weighted by Crippen LogP contribution is -2.06. The van der Waals surface area contributed by atoms with E-state index in [0.717, 1.165) is 18.7 Å². The van der Waals surface area contributed by atoms with E-state index in [9.17, 15) is 4.79 Å². The Bertz CT molecular complexity index is 612. The van der Waals surface area contributed by atoms with Crippen LogP contribution < -0.4 is 10.6 Å². The third-order valence-electron chi connectivity index (χ3n) is 3.19. The molecule has 0 aliphatic rings. The standard InChI is InChI=1S/C16H21N5O/c1-3-4-5-10-17-15-11-18-21-16(20-15)19-14-8-6-13(7-9-14)12(2)22/h6-9,11H,3-5,10H2,1-2H3,(H2,17,19,20,21). The maximum absolute atomic E-state index is 11.2.